The highest BCUT2D eigenvalue weighted by molar-refractivity contribution is 7.89. The first kappa shape index (κ1) is 20.1. The van der Waals surface area contributed by atoms with Gasteiger partial charge in [0.05, 0.1) is 23.3 Å². The third kappa shape index (κ3) is 4.42. The van der Waals surface area contributed by atoms with Crippen LogP contribution in [0.25, 0.3) is 5.57 Å². The lowest BCUT2D eigenvalue weighted by Gasteiger charge is -2.25. The summed E-state index contributed by atoms with van der Waals surface area (Å²) in [6.45, 7) is 5.91. The highest BCUT2D eigenvalue weighted by atomic mass is 32.2. The number of aryl methyl sites for hydroxylation is 2. The van der Waals surface area contributed by atoms with Gasteiger partial charge in [-0.1, -0.05) is 6.08 Å². The maximum atomic E-state index is 12.7. The van der Waals surface area contributed by atoms with Crippen molar-refractivity contribution in [1.29, 1.82) is 0 Å². The number of aromatic nitrogens is 3. The van der Waals surface area contributed by atoms with Crippen molar-refractivity contribution in [2.45, 2.75) is 27.2 Å². The van der Waals surface area contributed by atoms with Crippen LogP contribution in [0.3, 0.4) is 0 Å². The molecule has 2 aromatic heterocycles. The Balaban J connectivity index is 0.00000225. The molecule has 1 amide bonds. The van der Waals surface area contributed by atoms with Crippen LogP contribution < -0.4 is 5.32 Å². The Kier molecular flexibility index (Phi) is 5.85. The SMILES string of the molecule is CCS(=O)(=O)N1CC=C(c2cnc(C)c(C(=O)Nc3ccnc(C)c3)n2)CC1.[HH].[HH]. The van der Waals surface area contributed by atoms with Crippen molar-refractivity contribution in [2.24, 2.45) is 0 Å². The van der Waals surface area contributed by atoms with Gasteiger partial charge in [0.15, 0.2) is 0 Å². The Morgan fingerprint density at radius 3 is 2.75 bits per heavy atom. The van der Waals surface area contributed by atoms with Gasteiger partial charge >= 0.3 is 0 Å². The molecule has 28 heavy (non-hydrogen) atoms. The van der Waals surface area contributed by atoms with E-state index < -0.39 is 10.0 Å². The average Bonchev–Trinajstić information content (AvgIpc) is 2.68. The zero-order chi connectivity index (χ0) is 20.3. The van der Waals surface area contributed by atoms with Gasteiger partial charge in [-0.3, -0.25) is 14.8 Å². The molecule has 0 saturated carbocycles. The van der Waals surface area contributed by atoms with E-state index in [0.717, 1.165) is 11.3 Å². The summed E-state index contributed by atoms with van der Waals surface area (Å²) >= 11 is 0. The summed E-state index contributed by atoms with van der Waals surface area (Å²) < 4.78 is 25.4. The number of amides is 1. The van der Waals surface area contributed by atoms with Gasteiger partial charge in [0.2, 0.25) is 10.0 Å². The van der Waals surface area contributed by atoms with E-state index in [4.69, 9.17) is 0 Å². The van der Waals surface area contributed by atoms with Gasteiger partial charge in [-0.05, 0) is 44.9 Å². The van der Waals surface area contributed by atoms with E-state index in [1.165, 1.54) is 4.31 Å². The highest BCUT2D eigenvalue weighted by Gasteiger charge is 2.24. The lowest BCUT2D eigenvalue weighted by molar-refractivity contribution is 0.102. The molecule has 0 radical (unpaired) electrons. The first-order valence-corrected chi connectivity index (χ1v) is 10.7. The molecular weight excluding hydrogens is 378 g/mol. The quantitative estimate of drug-likeness (QED) is 0.820. The molecular formula is C19H27N5O3S. The van der Waals surface area contributed by atoms with Crippen LogP contribution in [-0.2, 0) is 10.0 Å². The second-order valence-electron chi connectivity index (χ2n) is 6.57. The van der Waals surface area contributed by atoms with Crippen molar-refractivity contribution in [3.05, 3.63) is 53.4 Å². The molecule has 1 aliphatic rings. The van der Waals surface area contributed by atoms with Crippen LogP contribution in [-0.4, -0.2) is 52.4 Å². The van der Waals surface area contributed by atoms with E-state index >= 15 is 0 Å². The maximum absolute atomic E-state index is 12.7. The lowest BCUT2D eigenvalue weighted by atomic mass is 10.1. The Hall–Kier alpha value is -2.65. The first-order valence-electron chi connectivity index (χ1n) is 9.05. The van der Waals surface area contributed by atoms with Gasteiger partial charge in [0.1, 0.15) is 5.69 Å². The van der Waals surface area contributed by atoms with Crippen LogP contribution in [0.5, 0.6) is 0 Å². The number of sulfonamides is 1. The molecule has 3 heterocycles. The Labute approximate surface area is 167 Å². The van der Waals surface area contributed by atoms with Crippen molar-refractivity contribution < 1.29 is 16.1 Å². The van der Waals surface area contributed by atoms with Crippen LogP contribution >= 0.6 is 0 Å². The van der Waals surface area contributed by atoms with Crippen molar-refractivity contribution in [1.82, 2.24) is 19.3 Å². The fourth-order valence-electron chi connectivity index (χ4n) is 2.95. The predicted octanol–water partition coefficient (Wildman–Crippen LogP) is 2.67. The normalized spacial score (nSPS) is 15.2. The minimum absolute atomic E-state index is 0. The number of rotatable bonds is 5. The first-order chi connectivity index (χ1) is 13.3. The maximum Gasteiger partial charge on any atom is 0.276 e. The fraction of sp³-hybridized carbons (Fsp3) is 0.368. The summed E-state index contributed by atoms with van der Waals surface area (Å²) in [7, 11) is -3.21. The van der Waals surface area contributed by atoms with Crippen molar-refractivity contribution in [3.63, 3.8) is 0 Å². The number of hydrogen-bond donors (Lipinski definition) is 1. The minimum Gasteiger partial charge on any atom is -0.320 e. The van der Waals surface area contributed by atoms with Crippen LogP contribution in [0, 0.1) is 13.8 Å². The lowest BCUT2D eigenvalue weighted by Crippen LogP contribution is -2.35. The molecule has 0 bridgehead atoms. The monoisotopic (exact) mass is 405 g/mol. The standard InChI is InChI=1S/C19H23N5O3S.2H2/c1-4-28(26,27)24-9-6-15(7-10-24)17-12-21-14(3)18(23-17)19(25)22-16-5-8-20-13(2)11-16;;/h5-6,8,11-12H,4,7,9-10H2,1-3H3,(H,20,22,25);2*1H. The van der Waals surface area contributed by atoms with Crippen molar-refractivity contribution >= 4 is 27.2 Å². The number of pyridine rings is 1. The van der Waals surface area contributed by atoms with Gasteiger partial charge in [0, 0.05) is 33.5 Å². The predicted molar refractivity (Wildman–Crippen MR) is 112 cm³/mol. The molecule has 2 aromatic rings. The number of carbonyl (C=O) groups is 1. The molecule has 1 N–H and O–H groups in total. The van der Waals surface area contributed by atoms with Crippen LogP contribution in [0.4, 0.5) is 5.69 Å². The van der Waals surface area contributed by atoms with E-state index in [-0.39, 0.29) is 20.2 Å². The largest absolute Gasteiger partial charge is 0.320 e. The highest BCUT2D eigenvalue weighted by Crippen LogP contribution is 2.23. The summed E-state index contributed by atoms with van der Waals surface area (Å²) in [4.78, 5) is 25.6. The molecule has 0 fully saturated rings. The average molecular weight is 406 g/mol. The molecule has 152 valence electrons. The molecule has 8 nitrogen and oxygen atoms in total. The van der Waals surface area contributed by atoms with Gasteiger partial charge in [-0.15, -0.1) is 0 Å². The fourth-order valence-corrected chi connectivity index (χ4v) is 3.99. The summed E-state index contributed by atoms with van der Waals surface area (Å²) in [5, 5.41) is 2.82. The van der Waals surface area contributed by atoms with Gasteiger partial charge in [0.25, 0.3) is 5.91 Å². The van der Waals surface area contributed by atoms with Crippen molar-refractivity contribution in [3.8, 4) is 0 Å². The second-order valence-corrected chi connectivity index (χ2v) is 8.82. The van der Waals surface area contributed by atoms with E-state index in [2.05, 4.69) is 20.3 Å². The summed E-state index contributed by atoms with van der Waals surface area (Å²) in [5.41, 5.74) is 3.70. The third-order valence-corrected chi connectivity index (χ3v) is 6.43. The van der Waals surface area contributed by atoms with Gasteiger partial charge in [-0.25, -0.2) is 13.4 Å². The summed E-state index contributed by atoms with van der Waals surface area (Å²) in [5.74, 6) is -0.261. The van der Waals surface area contributed by atoms with E-state index in [0.29, 0.717) is 36.6 Å². The van der Waals surface area contributed by atoms with E-state index in [9.17, 15) is 13.2 Å². The molecule has 0 saturated heterocycles. The molecule has 0 atom stereocenters. The molecule has 1 aliphatic heterocycles. The van der Waals surface area contributed by atoms with Gasteiger partial charge < -0.3 is 5.32 Å². The molecule has 3 rings (SSSR count). The molecule has 0 spiro atoms. The van der Waals surface area contributed by atoms with E-state index in [1.54, 1.807) is 38.4 Å². The number of nitrogens with one attached hydrogen (secondary N) is 1. The Bertz CT molecular complexity index is 1040. The third-order valence-electron chi connectivity index (χ3n) is 4.58. The zero-order valence-corrected chi connectivity index (χ0v) is 17.0. The number of hydrogen-bond acceptors (Lipinski definition) is 6. The summed E-state index contributed by atoms with van der Waals surface area (Å²) in [6.07, 6.45) is 5.62. The minimum atomic E-state index is -3.21. The Morgan fingerprint density at radius 2 is 2.11 bits per heavy atom. The second kappa shape index (κ2) is 8.15. The molecule has 0 aliphatic carbocycles. The molecule has 9 heteroatoms. The van der Waals surface area contributed by atoms with Crippen LogP contribution in [0.2, 0.25) is 0 Å². The molecule has 0 aromatic carbocycles. The van der Waals surface area contributed by atoms with Crippen LogP contribution in [0.1, 0.15) is 43.8 Å². The Morgan fingerprint density at radius 1 is 1.32 bits per heavy atom. The molecule has 0 unspecified atom stereocenters. The number of nitrogens with zero attached hydrogens (tertiary/aromatic N) is 4. The zero-order valence-electron chi connectivity index (χ0n) is 16.1. The number of carbonyl (C=O) groups excluding carboxylic acids is 1. The number of anilines is 1. The smallest absolute Gasteiger partial charge is 0.276 e. The van der Waals surface area contributed by atoms with Gasteiger partial charge in [-0.2, -0.15) is 4.31 Å². The van der Waals surface area contributed by atoms with E-state index in [1.807, 2.05) is 13.0 Å². The van der Waals surface area contributed by atoms with Crippen LogP contribution in [0.15, 0.2) is 30.6 Å². The summed E-state index contributed by atoms with van der Waals surface area (Å²) in [6, 6.07) is 3.49. The topological polar surface area (TPSA) is 105 Å². The van der Waals surface area contributed by atoms with Crippen molar-refractivity contribution in [2.75, 3.05) is 24.2 Å².